The lowest BCUT2D eigenvalue weighted by Crippen LogP contribution is -2.45. The number of carbonyl (C=O) groups is 1. The van der Waals surface area contributed by atoms with Crippen LogP contribution in [-0.4, -0.2) is 47.8 Å². The van der Waals surface area contributed by atoms with E-state index in [1.807, 2.05) is 6.08 Å². The van der Waals surface area contributed by atoms with Crippen molar-refractivity contribution in [3.8, 4) is 0 Å². The van der Waals surface area contributed by atoms with Crippen molar-refractivity contribution >= 4 is 13.7 Å². The lowest BCUT2D eigenvalue weighted by atomic mass is 10.1. The van der Waals surface area contributed by atoms with Crippen molar-refractivity contribution in [2.24, 2.45) is 5.73 Å². The SMILES string of the molecule is CCC/C=C\CCCCCCCC(=O)NC(COP(=O)(O)OCCN)C(O)/C=C/CC/C=C/CC/C=C/CCCCCCCCCCCCC. The summed E-state index contributed by atoms with van der Waals surface area (Å²) in [7, 11) is -4.35. The van der Waals surface area contributed by atoms with Gasteiger partial charge in [-0.25, -0.2) is 4.57 Å². The number of aliphatic hydroxyl groups excluding tert-OH is 1. The van der Waals surface area contributed by atoms with Gasteiger partial charge in [0.15, 0.2) is 0 Å². The Kier molecular flexibility index (Phi) is 36.1. The molecule has 292 valence electrons. The summed E-state index contributed by atoms with van der Waals surface area (Å²) in [5.41, 5.74) is 5.35. The van der Waals surface area contributed by atoms with Crippen molar-refractivity contribution < 1.29 is 28.4 Å². The van der Waals surface area contributed by atoms with Crippen LogP contribution >= 0.6 is 7.82 Å². The molecule has 0 aliphatic carbocycles. The third-order valence-electron chi connectivity index (χ3n) is 8.59. The van der Waals surface area contributed by atoms with Crippen molar-refractivity contribution in [3.05, 3.63) is 48.6 Å². The quantitative estimate of drug-likeness (QED) is 0.0285. The predicted octanol–water partition coefficient (Wildman–Crippen LogP) is 10.9. The Morgan fingerprint density at radius 2 is 1.10 bits per heavy atom. The van der Waals surface area contributed by atoms with Gasteiger partial charge < -0.3 is 21.1 Å². The van der Waals surface area contributed by atoms with E-state index in [4.69, 9.17) is 14.8 Å². The van der Waals surface area contributed by atoms with E-state index in [9.17, 15) is 19.4 Å². The number of amides is 1. The first-order valence-corrected chi connectivity index (χ1v) is 21.8. The van der Waals surface area contributed by atoms with E-state index < -0.39 is 20.0 Å². The van der Waals surface area contributed by atoms with Gasteiger partial charge in [-0.05, 0) is 64.2 Å². The molecule has 0 saturated heterocycles. The molecule has 0 aromatic heterocycles. The standard InChI is InChI=1S/C41H77N2O6P/c1-3-5-7-9-11-13-15-16-17-18-19-20-21-22-23-24-25-26-28-30-32-34-40(44)39(38-49-50(46,47)48-37-36-42)43-41(45)35-33-31-29-27-14-12-10-8-6-4-2/h8,10,21-22,25-26,32,34,39-40,44H,3-7,9,11-20,23-24,27-31,33,35-38,42H2,1-2H3,(H,43,45)(H,46,47)/b10-8-,22-21+,26-25+,34-32+. The fourth-order valence-electron chi connectivity index (χ4n) is 5.52. The van der Waals surface area contributed by atoms with E-state index in [1.165, 1.54) is 83.5 Å². The Balaban J connectivity index is 4.30. The molecular weight excluding hydrogens is 647 g/mol. The number of nitrogens with two attached hydrogens (primary N) is 1. The minimum Gasteiger partial charge on any atom is -0.387 e. The minimum atomic E-state index is -4.35. The van der Waals surface area contributed by atoms with Crippen molar-refractivity contribution in [1.82, 2.24) is 5.32 Å². The summed E-state index contributed by atoms with van der Waals surface area (Å²) in [6, 6.07) is -0.886. The van der Waals surface area contributed by atoms with Crippen molar-refractivity contribution in [3.63, 3.8) is 0 Å². The number of aliphatic hydroxyl groups is 1. The topological polar surface area (TPSA) is 131 Å². The van der Waals surface area contributed by atoms with E-state index in [-0.39, 0.29) is 25.7 Å². The summed E-state index contributed by atoms with van der Waals surface area (Å²) >= 11 is 0. The fourth-order valence-corrected chi connectivity index (χ4v) is 6.28. The van der Waals surface area contributed by atoms with Gasteiger partial charge in [-0.15, -0.1) is 0 Å². The van der Waals surface area contributed by atoms with Gasteiger partial charge in [0.25, 0.3) is 0 Å². The molecule has 0 radical (unpaired) electrons. The van der Waals surface area contributed by atoms with Crippen molar-refractivity contribution in [1.29, 1.82) is 0 Å². The summed E-state index contributed by atoms with van der Waals surface area (Å²) < 4.78 is 22.0. The Bertz CT molecular complexity index is 923. The first-order valence-electron chi connectivity index (χ1n) is 20.3. The average Bonchev–Trinajstić information content (AvgIpc) is 3.10. The van der Waals surface area contributed by atoms with E-state index in [0.717, 1.165) is 70.6 Å². The Hall–Kier alpha value is -1.54. The van der Waals surface area contributed by atoms with E-state index in [2.05, 4.69) is 55.6 Å². The van der Waals surface area contributed by atoms with Crippen LogP contribution in [0.15, 0.2) is 48.6 Å². The maximum absolute atomic E-state index is 12.7. The zero-order valence-electron chi connectivity index (χ0n) is 32.1. The second kappa shape index (κ2) is 37.2. The highest BCUT2D eigenvalue weighted by molar-refractivity contribution is 7.47. The minimum absolute atomic E-state index is 0.0691. The number of allylic oxidation sites excluding steroid dienone is 7. The Morgan fingerprint density at radius 1 is 0.640 bits per heavy atom. The number of hydrogen-bond acceptors (Lipinski definition) is 6. The normalized spacial score (nSPS) is 14.7. The molecule has 0 rings (SSSR count). The van der Waals surface area contributed by atoms with Gasteiger partial charge in [0, 0.05) is 13.0 Å². The summed E-state index contributed by atoms with van der Waals surface area (Å²) in [6.07, 6.45) is 44.6. The van der Waals surface area contributed by atoms with Crippen LogP contribution in [-0.2, 0) is 18.4 Å². The first kappa shape index (κ1) is 48.5. The monoisotopic (exact) mass is 725 g/mol. The van der Waals surface area contributed by atoms with E-state index in [1.54, 1.807) is 6.08 Å². The predicted molar refractivity (Wildman–Crippen MR) is 212 cm³/mol. The van der Waals surface area contributed by atoms with Crippen LogP contribution < -0.4 is 11.1 Å². The molecule has 5 N–H and O–H groups in total. The Morgan fingerprint density at radius 3 is 1.62 bits per heavy atom. The van der Waals surface area contributed by atoms with Crippen LogP contribution in [0.1, 0.15) is 174 Å². The van der Waals surface area contributed by atoms with Gasteiger partial charge >= 0.3 is 7.82 Å². The van der Waals surface area contributed by atoms with E-state index in [0.29, 0.717) is 6.42 Å². The summed E-state index contributed by atoms with van der Waals surface area (Å²) in [4.78, 5) is 22.5. The molecule has 3 unspecified atom stereocenters. The van der Waals surface area contributed by atoms with Gasteiger partial charge in [0.2, 0.25) is 5.91 Å². The smallest absolute Gasteiger partial charge is 0.387 e. The highest BCUT2D eigenvalue weighted by Gasteiger charge is 2.26. The highest BCUT2D eigenvalue weighted by atomic mass is 31.2. The molecule has 0 aliphatic heterocycles. The molecule has 0 aromatic carbocycles. The summed E-state index contributed by atoms with van der Waals surface area (Å²) in [6.45, 7) is 4.02. The molecule has 8 nitrogen and oxygen atoms in total. The number of unbranched alkanes of at least 4 members (excludes halogenated alkanes) is 19. The Labute approximate surface area is 307 Å². The zero-order chi connectivity index (χ0) is 36.8. The van der Waals surface area contributed by atoms with Crippen LogP contribution in [0, 0.1) is 0 Å². The third kappa shape index (κ3) is 34.9. The van der Waals surface area contributed by atoms with Crippen LogP contribution in [0.3, 0.4) is 0 Å². The van der Waals surface area contributed by atoms with Gasteiger partial charge in [0.1, 0.15) is 0 Å². The second-order valence-electron chi connectivity index (χ2n) is 13.5. The number of carbonyl (C=O) groups excluding carboxylic acids is 1. The number of hydrogen-bond donors (Lipinski definition) is 4. The fraction of sp³-hybridized carbons (Fsp3) is 0.780. The van der Waals surface area contributed by atoms with E-state index >= 15 is 0 Å². The molecule has 1 amide bonds. The molecule has 0 aliphatic rings. The summed E-state index contributed by atoms with van der Waals surface area (Å²) in [5.74, 6) is -0.222. The van der Waals surface area contributed by atoms with Gasteiger partial charge in [-0.3, -0.25) is 13.8 Å². The number of nitrogens with one attached hydrogen (secondary N) is 1. The second-order valence-corrected chi connectivity index (χ2v) is 14.9. The number of rotatable bonds is 37. The van der Waals surface area contributed by atoms with Crippen molar-refractivity contribution in [2.45, 2.75) is 187 Å². The molecule has 0 heterocycles. The van der Waals surface area contributed by atoms with Crippen LogP contribution in [0.2, 0.25) is 0 Å². The maximum Gasteiger partial charge on any atom is 0.472 e. The molecule has 0 spiro atoms. The molecule has 0 bridgehead atoms. The molecule has 50 heavy (non-hydrogen) atoms. The van der Waals surface area contributed by atoms with Crippen LogP contribution in [0.25, 0.3) is 0 Å². The molecule has 9 heteroatoms. The summed E-state index contributed by atoms with van der Waals surface area (Å²) in [5, 5.41) is 13.6. The van der Waals surface area contributed by atoms with Gasteiger partial charge in [-0.2, -0.15) is 0 Å². The van der Waals surface area contributed by atoms with Crippen LogP contribution in [0.4, 0.5) is 0 Å². The lowest BCUT2D eigenvalue weighted by molar-refractivity contribution is -0.123. The highest BCUT2D eigenvalue weighted by Crippen LogP contribution is 2.43. The zero-order valence-corrected chi connectivity index (χ0v) is 33.0. The number of phosphoric ester groups is 1. The van der Waals surface area contributed by atoms with Gasteiger partial charge in [0.05, 0.1) is 25.4 Å². The van der Waals surface area contributed by atoms with Crippen LogP contribution in [0.5, 0.6) is 0 Å². The average molecular weight is 725 g/mol. The van der Waals surface area contributed by atoms with Gasteiger partial charge in [-0.1, -0.05) is 152 Å². The molecule has 0 aromatic rings. The lowest BCUT2D eigenvalue weighted by Gasteiger charge is -2.23. The molecule has 0 saturated carbocycles. The molecule has 3 atom stereocenters. The largest absolute Gasteiger partial charge is 0.472 e. The third-order valence-corrected chi connectivity index (χ3v) is 9.57. The molecular formula is C41H77N2O6P. The number of phosphoric acid groups is 1. The maximum atomic E-state index is 12.7. The van der Waals surface area contributed by atoms with Crippen molar-refractivity contribution in [2.75, 3.05) is 19.8 Å². The molecule has 0 fully saturated rings. The first-order chi connectivity index (χ1) is 24.4.